The average Bonchev–Trinajstić information content (AvgIpc) is 2.62. The molecule has 4 nitrogen and oxygen atoms in total. The minimum absolute atomic E-state index is 0.495. The molecule has 23 heavy (non-hydrogen) atoms. The molecule has 2 aromatic heterocycles. The van der Waals surface area contributed by atoms with Crippen LogP contribution in [0.2, 0.25) is 5.15 Å². The van der Waals surface area contributed by atoms with Crippen LogP contribution in [0.1, 0.15) is 5.56 Å². The van der Waals surface area contributed by atoms with Crippen molar-refractivity contribution in [2.45, 2.75) is 6.54 Å². The Morgan fingerprint density at radius 2 is 1.91 bits per heavy atom. The Balaban J connectivity index is 1.68. The van der Waals surface area contributed by atoms with E-state index in [1.807, 2.05) is 48.7 Å². The van der Waals surface area contributed by atoms with Crippen LogP contribution in [-0.4, -0.2) is 17.1 Å². The molecule has 0 spiro atoms. The summed E-state index contributed by atoms with van der Waals surface area (Å²) in [6, 6.07) is 15.6. The summed E-state index contributed by atoms with van der Waals surface area (Å²) in [6.45, 7) is 0.648. The standard InChI is InChI=1S/C18H16ClN3O/c1-23-16-4-2-3-14(9-16)15-6-8-18(22-12-15)21-11-13-5-7-17(19)20-10-13/h2-10,12H,11H2,1H3,(H,21,22). The first kappa shape index (κ1) is 15.3. The molecule has 2 heterocycles. The van der Waals surface area contributed by atoms with Gasteiger partial charge in [-0.3, -0.25) is 0 Å². The lowest BCUT2D eigenvalue weighted by Gasteiger charge is -2.08. The quantitative estimate of drug-likeness (QED) is 0.705. The zero-order chi connectivity index (χ0) is 16.1. The van der Waals surface area contributed by atoms with Gasteiger partial charge in [0.05, 0.1) is 7.11 Å². The lowest BCUT2D eigenvalue weighted by atomic mass is 10.1. The molecule has 0 amide bonds. The normalized spacial score (nSPS) is 10.3. The molecule has 0 aliphatic rings. The highest BCUT2D eigenvalue weighted by molar-refractivity contribution is 6.29. The van der Waals surface area contributed by atoms with Gasteiger partial charge in [0.1, 0.15) is 16.7 Å². The summed E-state index contributed by atoms with van der Waals surface area (Å²) >= 11 is 5.77. The molecule has 0 radical (unpaired) electrons. The molecule has 0 saturated carbocycles. The van der Waals surface area contributed by atoms with E-state index in [1.165, 1.54) is 0 Å². The van der Waals surface area contributed by atoms with Crippen molar-refractivity contribution in [3.8, 4) is 16.9 Å². The topological polar surface area (TPSA) is 47.0 Å². The molecule has 1 N–H and O–H groups in total. The minimum Gasteiger partial charge on any atom is -0.497 e. The number of pyridine rings is 2. The summed E-state index contributed by atoms with van der Waals surface area (Å²) in [5.74, 6) is 1.64. The van der Waals surface area contributed by atoms with Gasteiger partial charge in [0.2, 0.25) is 0 Å². The first-order valence-electron chi connectivity index (χ1n) is 7.19. The van der Waals surface area contributed by atoms with Gasteiger partial charge in [0, 0.05) is 24.5 Å². The number of nitrogens with zero attached hydrogens (tertiary/aromatic N) is 2. The fourth-order valence-corrected chi connectivity index (χ4v) is 2.29. The highest BCUT2D eigenvalue weighted by Crippen LogP contribution is 2.23. The van der Waals surface area contributed by atoms with Crippen molar-refractivity contribution in [2.24, 2.45) is 0 Å². The van der Waals surface area contributed by atoms with Crippen molar-refractivity contribution >= 4 is 17.4 Å². The van der Waals surface area contributed by atoms with Crippen molar-refractivity contribution in [2.75, 3.05) is 12.4 Å². The van der Waals surface area contributed by atoms with Crippen LogP contribution in [0, 0.1) is 0 Å². The number of ether oxygens (including phenoxy) is 1. The number of benzene rings is 1. The predicted molar refractivity (Wildman–Crippen MR) is 92.8 cm³/mol. The van der Waals surface area contributed by atoms with E-state index >= 15 is 0 Å². The Bertz CT molecular complexity index is 773. The number of methoxy groups -OCH3 is 1. The van der Waals surface area contributed by atoms with Crippen molar-refractivity contribution in [1.29, 1.82) is 0 Å². The Hall–Kier alpha value is -2.59. The molecule has 3 rings (SSSR count). The van der Waals surface area contributed by atoms with E-state index in [9.17, 15) is 0 Å². The Morgan fingerprint density at radius 3 is 2.61 bits per heavy atom. The third-order valence-electron chi connectivity index (χ3n) is 3.43. The summed E-state index contributed by atoms with van der Waals surface area (Å²) in [5.41, 5.74) is 3.17. The maximum Gasteiger partial charge on any atom is 0.129 e. The lowest BCUT2D eigenvalue weighted by Crippen LogP contribution is -2.01. The zero-order valence-electron chi connectivity index (χ0n) is 12.7. The zero-order valence-corrected chi connectivity index (χ0v) is 13.4. The van der Waals surface area contributed by atoms with Gasteiger partial charge < -0.3 is 10.1 Å². The van der Waals surface area contributed by atoms with Crippen molar-refractivity contribution < 1.29 is 4.74 Å². The summed E-state index contributed by atoms with van der Waals surface area (Å²) in [5, 5.41) is 3.76. The number of halogens is 1. The number of aromatic nitrogens is 2. The Morgan fingerprint density at radius 1 is 1.00 bits per heavy atom. The molecular formula is C18H16ClN3O. The van der Waals surface area contributed by atoms with E-state index in [2.05, 4.69) is 15.3 Å². The van der Waals surface area contributed by atoms with Crippen LogP contribution in [0.5, 0.6) is 5.75 Å². The van der Waals surface area contributed by atoms with Crippen molar-refractivity contribution in [1.82, 2.24) is 9.97 Å². The number of anilines is 1. The second-order valence-electron chi connectivity index (χ2n) is 5.01. The largest absolute Gasteiger partial charge is 0.497 e. The lowest BCUT2D eigenvalue weighted by molar-refractivity contribution is 0.415. The third-order valence-corrected chi connectivity index (χ3v) is 3.65. The van der Waals surface area contributed by atoms with Gasteiger partial charge in [-0.05, 0) is 41.5 Å². The second-order valence-corrected chi connectivity index (χ2v) is 5.39. The maximum atomic E-state index is 5.77. The molecule has 0 fully saturated rings. The maximum absolute atomic E-state index is 5.77. The fraction of sp³-hybridized carbons (Fsp3) is 0.111. The van der Waals surface area contributed by atoms with E-state index in [4.69, 9.17) is 16.3 Å². The number of hydrogen-bond acceptors (Lipinski definition) is 4. The van der Waals surface area contributed by atoms with Crippen LogP contribution in [-0.2, 0) is 6.54 Å². The molecule has 0 saturated heterocycles. The smallest absolute Gasteiger partial charge is 0.129 e. The van der Waals surface area contributed by atoms with Gasteiger partial charge in [0.25, 0.3) is 0 Å². The first-order valence-corrected chi connectivity index (χ1v) is 7.57. The van der Waals surface area contributed by atoms with E-state index in [1.54, 1.807) is 19.4 Å². The van der Waals surface area contributed by atoms with Crippen molar-refractivity contribution in [3.63, 3.8) is 0 Å². The van der Waals surface area contributed by atoms with Crippen LogP contribution in [0.3, 0.4) is 0 Å². The van der Waals surface area contributed by atoms with Gasteiger partial charge in [-0.25, -0.2) is 9.97 Å². The molecule has 5 heteroatoms. The first-order chi connectivity index (χ1) is 11.2. The van der Waals surface area contributed by atoms with Crippen molar-refractivity contribution in [3.05, 3.63) is 71.6 Å². The van der Waals surface area contributed by atoms with Gasteiger partial charge in [-0.2, -0.15) is 0 Å². The monoisotopic (exact) mass is 325 g/mol. The molecule has 0 atom stereocenters. The molecule has 0 unspecified atom stereocenters. The Labute approximate surface area is 140 Å². The molecular weight excluding hydrogens is 310 g/mol. The van der Waals surface area contributed by atoms with E-state index in [0.29, 0.717) is 11.7 Å². The van der Waals surface area contributed by atoms with E-state index in [0.717, 1.165) is 28.3 Å². The minimum atomic E-state index is 0.495. The van der Waals surface area contributed by atoms with Gasteiger partial charge in [0.15, 0.2) is 0 Å². The molecule has 0 bridgehead atoms. The van der Waals surface area contributed by atoms with Crippen LogP contribution < -0.4 is 10.1 Å². The number of hydrogen-bond donors (Lipinski definition) is 1. The Kier molecular flexibility index (Phi) is 4.74. The average molecular weight is 326 g/mol. The predicted octanol–water partition coefficient (Wildman–Crippen LogP) is 4.42. The molecule has 3 aromatic rings. The highest BCUT2D eigenvalue weighted by atomic mass is 35.5. The van der Waals surface area contributed by atoms with Crippen LogP contribution in [0.4, 0.5) is 5.82 Å². The number of nitrogens with one attached hydrogen (secondary N) is 1. The molecule has 116 valence electrons. The second kappa shape index (κ2) is 7.11. The van der Waals surface area contributed by atoms with Gasteiger partial charge in [-0.1, -0.05) is 29.8 Å². The molecule has 0 aliphatic heterocycles. The number of rotatable bonds is 5. The van der Waals surface area contributed by atoms with E-state index < -0.39 is 0 Å². The fourth-order valence-electron chi connectivity index (χ4n) is 2.18. The summed E-state index contributed by atoms with van der Waals surface area (Å²) in [7, 11) is 1.66. The molecule has 0 aliphatic carbocycles. The van der Waals surface area contributed by atoms with Gasteiger partial charge in [-0.15, -0.1) is 0 Å². The van der Waals surface area contributed by atoms with Crippen LogP contribution >= 0.6 is 11.6 Å². The van der Waals surface area contributed by atoms with Crippen LogP contribution in [0.15, 0.2) is 60.9 Å². The summed E-state index contributed by atoms with van der Waals surface area (Å²) in [4.78, 5) is 8.50. The van der Waals surface area contributed by atoms with E-state index in [-0.39, 0.29) is 0 Å². The summed E-state index contributed by atoms with van der Waals surface area (Å²) in [6.07, 6.45) is 3.59. The summed E-state index contributed by atoms with van der Waals surface area (Å²) < 4.78 is 5.25. The molecule has 1 aromatic carbocycles. The highest BCUT2D eigenvalue weighted by Gasteiger charge is 2.01. The third kappa shape index (κ3) is 3.99. The SMILES string of the molecule is COc1cccc(-c2ccc(NCc3ccc(Cl)nc3)nc2)c1. The van der Waals surface area contributed by atoms with Crippen LogP contribution in [0.25, 0.3) is 11.1 Å². The van der Waals surface area contributed by atoms with Gasteiger partial charge >= 0.3 is 0 Å².